The summed E-state index contributed by atoms with van der Waals surface area (Å²) in [6.45, 7) is 2.94. The van der Waals surface area contributed by atoms with Gasteiger partial charge in [-0.3, -0.25) is 9.67 Å². The molecule has 1 N–H and O–H groups in total. The highest BCUT2D eigenvalue weighted by atomic mass is 16.5. The summed E-state index contributed by atoms with van der Waals surface area (Å²) in [4.78, 5) is 4.21. The molecule has 0 radical (unpaired) electrons. The average Bonchev–Trinajstić information content (AvgIpc) is 2.84. The second-order valence-corrected chi connectivity index (χ2v) is 3.67. The van der Waals surface area contributed by atoms with Crippen LogP contribution in [0.2, 0.25) is 0 Å². The van der Waals surface area contributed by atoms with Crippen molar-refractivity contribution >= 4 is 0 Å². The molecule has 5 nitrogen and oxygen atoms in total. The van der Waals surface area contributed by atoms with Gasteiger partial charge in [0.25, 0.3) is 0 Å². The molecule has 0 saturated carbocycles. The van der Waals surface area contributed by atoms with Crippen LogP contribution in [0.3, 0.4) is 0 Å². The molecule has 0 saturated heterocycles. The molecule has 2 rings (SSSR count). The van der Waals surface area contributed by atoms with Crippen LogP contribution >= 0.6 is 0 Å². The first-order chi connectivity index (χ1) is 8.29. The third-order valence-electron chi connectivity index (χ3n) is 2.36. The van der Waals surface area contributed by atoms with E-state index in [0.717, 1.165) is 5.69 Å². The first kappa shape index (κ1) is 11.6. The van der Waals surface area contributed by atoms with Crippen LogP contribution in [0.25, 0.3) is 0 Å². The van der Waals surface area contributed by atoms with Gasteiger partial charge in [-0.15, -0.1) is 0 Å². The summed E-state index contributed by atoms with van der Waals surface area (Å²) in [7, 11) is 0. The Morgan fingerprint density at radius 2 is 2.29 bits per heavy atom. The molecule has 0 aliphatic rings. The quantitative estimate of drug-likeness (QED) is 0.841. The Morgan fingerprint density at radius 3 is 3.00 bits per heavy atom. The first-order valence-corrected chi connectivity index (χ1v) is 5.47. The van der Waals surface area contributed by atoms with Gasteiger partial charge < -0.3 is 9.84 Å². The van der Waals surface area contributed by atoms with Crippen molar-refractivity contribution < 1.29 is 9.84 Å². The van der Waals surface area contributed by atoms with Crippen LogP contribution in [-0.2, 0) is 13.2 Å². The molecule has 0 spiro atoms. The highest BCUT2D eigenvalue weighted by molar-refractivity contribution is 5.28. The lowest BCUT2D eigenvalue weighted by molar-refractivity contribution is 0.250. The second-order valence-electron chi connectivity index (χ2n) is 3.67. The fourth-order valence-electron chi connectivity index (χ4n) is 1.52. The number of pyridine rings is 1. The smallest absolute Gasteiger partial charge is 0.143 e. The number of hydrogen-bond acceptors (Lipinski definition) is 4. The number of nitrogens with zero attached hydrogens (tertiary/aromatic N) is 3. The van der Waals surface area contributed by atoms with Crippen LogP contribution in [0.1, 0.15) is 11.4 Å². The second kappa shape index (κ2) is 5.45. The van der Waals surface area contributed by atoms with Crippen molar-refractivity contribution in [2.75, 3.05) is 6.61 Å². The van der Waals surface area contributed by atoms with E-state index < -0.39 is 0 Å². The topological polar surface area (TPSA) is 60.2 Å². The van der Waals surface area contributed by atoms with Crippen molar-refractivity contribution in [2.45, 2.75) is 20.1 Å². The standard InChI is InChI=1S/C12H15N3O2/c1-10-3-4-12(11(9-16)14-10)17-8-7-15-6-2-5-13-15/h2-6,16H,7-9H2,1H3. The summed E-state index contributed by atoms with van der Waals surface area (Å²) in [5.41, 5.74) is 1.44. The van der Waals surface area contributed by atoms with E-state index in [-0.39, 0.29) is 6.61 Å². The Kier molecular flexibility index (Phi) is 3.72. The molecule has 0 aromatic carbocycles. The van der Waals surface area contributed by atoms with E-state index in [0.29, 0.717) is 24.6 Å². The first-order valence-electron chi connectivity index (χ1n) is 5.47. The molecule has 2 aromatic heterocycles. The normalized spacial score (nSPS) is 10.5. The highest BCUT2D eigenvalue weighted by Crippen LogP contribution is 2.16. The molecule has 90 valence electrons. The molecule has 0 aliphatic carbocycles. The maximum atomic E-state index is 9.17. The number of hydrogen-bond donors (Lipinski definition) is 1. The van der Waals surface area contributed by atoms with Crippen molar-refractivity contribution in [3.63, 3.8) is 0 Å². The van der Waals surface area contributed by atoms with Gasteiger partial charge in [-0.05, 0) is 25.1 Å². The van der Waals surface area contributed by atoms with Crippen LogP contribution < -0.4 is 4.74 Å². The molecular formula is C12H15N3O2. The van der Waals surface area contributed by atoms with Crippen molar-refractivity contribution in [1.82, 2.24) is 14.8 Å². The summed E-state index contributed by atoms with van der Waals surface area (Å²) in [5, 5.41) is 13.2. The summed E-state index contributed by atoms with van der Waals surface area (Å²) in [6, 6.07) is 5.56. The summed E-state index contributed by atoms with van der Waals surface area (Å²) < 4.78 is 7.36. The van der Waals surface area contributed by atoms with E-state index in [1.807, 2.05) is 31.3 Å². The molecule has 0 bridgehead atoms. The zero-order valence-corrected chi connectivity index (χ0v) is 9.71. The fourth-order valence-corrected chi connectivity index (χ4v) is 1.52. The molecular weight excluding hydrogens is 218 g/mol. The molecule has 0 fully saturated rings. The van der Waals surface area contributed by atoms with Crippen molar-refractivity contribution in [3.05, 3.63) is 42.0 Å². The zero-order valence-electron chi connectivity index (χ0n) is 9.71. The van der Waals surface area contributed by atoms with Gasteiger partial charge in [0.2, 0.25) is 0 Å². The van der Waals surface area contributed by atoms with Crippen LogP contribution in [0.15, 0.2) is 30.6 Å². The van der Waals surface area contributed by atoms with E-state index in [1.165, 1.54) is 0 Å². The lowest BCUT2D eigenvalue weighted by Crippen LogP contribution is -2.10. The minimum Gasteiger partial charge on any atom is -0.490 e. The molecule has 0 amide bonds. The van der Waals surface area contributed by atoms with Gasteiger partial charge in [0.1, 0.15) is 18.1 Å². The van der Waals surface area contributed by atoms with Crippen molar-refractivity contribution in [1.29, 1.82) is 0 Å². The predicted molar refractivity (Wildman–Crippen MR) is 62.6 cm³/mol. The van der Waals surface area contributed by atoms with Crippen LogP contribution in [0, 0.1) is 6.92 Å². The van der Waals surface area contributed by atoms with Crippen molar-refractivity contribution in [3.8, 4) is 5.75 Å². The Morgan fingerprint density at radius 1 is 1.41 bits per heavy atom. The summed E-state index contributed by atoms with van der Waals surface area (Å²) >= 11 is 0. The van der Waals surface area contributed by atoms with E-state index in [4.69, 9.17) is 9.84 Å². The van der Waals surface area contributed by atoms with Gasteiger partial charge in [0.15, 0.2) is 0 Å². The average molecular weight is 233 g/mol. The highest BCUT2D eigenvalue weighted by Gasteiger charge is 2.04. The molecule has 5 heteroatoms. The third kappa shape index (κ3) is 3.04. The van der Waals surface area contributed by atoms with Crippen LogP contribution in [0.5, 0.6) is 5.75 Å². The molecule has 17 heavy (non-hydrogen) atoms. The lowest BCUT2D eigenvalue weighted by Gasteiger charge is -2.10. The van der Waals surface area contributed by atoms with E-state index in [2.05, 4.69) is 10.1 Å². The number of aryl methyl sites for hydroxylation is 1. The monoisotopic (exact) mass is 233 g/mol. The minimum absolute atomic E-state index is 0.112. The van der Waals surface area contributed by atoms with Gasteiger partial charge in [-0.2, -0.15) is 5.10 Å². The number of aliphatic hydroxyl groups is 1. The van der Waals surface area contributed by atoms with Gasteiger partial charge in [-0.1, -0.05) is 0 Å². The minimum atomic E-state index is -0.112. The Hall–Kier alpha value is -1.88. The molecule has 2 aromatic rings. The van der Waals surface area contributed by atoms with Crippen molar-refractivity contribution in [2.24, 2.45) is 0 Å². The number of aliphatic hydroxyl groups excluding tert-OH is 1. The fraction of sp³-hybridized carbons (Fsp3) is 0.333. The zero-order chi connectivity index (χ0) is 12.1. The lowest BCUT2D eigenvalue weighted by atomic mass is 10.3. The molecule has 0 atom stereocenters. The number of aromatic nitrogens is 3. The van der Waals surface area contributed by atoms with E-state index in [1.54, 1.807) is 10.9 Å². The van der Waals surface area contributed by atoms with E-state index >= 15 is 0 Å². The Balaban J connectivity index is 1.94. The predicted octanol–water partition coefficient (Wildman–Crippen LogP) is 1.16. The maximum absolute atomic E-state index is 9.17. The number of ether oxygens (including phenoxy) is 1. The summed E-state index contributed by atoms with van der Waals surface area (Å²) in [6.07, 6.45) is 3.61. The Bertz CT molecular complexity index is 469. The SMILES string of the molecule is Cc1ccc(OCCn2cccn2)c(CO)n1. The summed E-state index contributed by atoms with van der Waals surface area (Å²) in [5.74, 6) is 0.630. The Labute approximate surface area is 99.7 Å². The van der Waals surface area contributed by atoms with Gasteiger partial charge in [0, 0.05) is 18.1 Å². The molecule has 0 unspecified atom stereocenters. The largest absolute Gasteiger partial charge is 0.490 e. The van der Waals surface area contributed by atoms with E-state index in [9.17, 15) is 0 Å². The third-order valence-corrected chi connectivity index (χ3v) is 2.36. The number of rotatable bonds is 5. The van der Waals surface area contributed by atoms with Gasteiger partial charge in [0.05, 0.1) is 13.2 Å². The molecule has 0 aliphatic heterocycles. The maximum Gasteiger partial charge on any atom is 0.143 e. The molecule has 2 heterocycles. The van der Waals surface area contributed by atoms with Gasteiger partial charge >= 0.3 is 0 Å². The van der Waals surface area contributed by atoms with Gasteiger partial charge in [-0.25, -0.2) is 0 Å². The van der Waals surface area contributed by atoms with Crippen LogP contribution in [-0.4, -0.2) is 26.5 Å². The van der Waals surface area contributed by atoms with Crippen LogP contribution in [0.4, 0.5) is 0 Å².